The third-order valence-electron chi connectivity index (χ3n) is 3.80. The van der Waals surface area contributed by atoms with Gasteiger partial charge >= 0.3 is 12.0 Å². The molecule has 116 valence electrons. The molecule has 2 heterocycles. The third-order valence-corrected chi connectivity index (χ3v) is 4.74. The lowest BCUT2D eigenvalue weighted by atomic mass is 10.2. The molecule has 0 radical (unpaired) electrons. The van der Waals surface area contributed by atoms with Gasteiger partial charge in [0.2, 0.25) is 0 Å². The van der Waals surface area contributed by atoms with Crippen LogP contribution in [0.3, 0.4) is 0 Å². The van der Waals surface area contributed by atoms with E-state index in [1.54, 1.807) is 22.4 Å². The average molecular weight is 311 g/mol. The number of aliphatic carboxylic acids is 1. The number of piperazine rings is 1. The Bertz CT molecular complexity index is 492. The summed E-state index contributed by atoms with van der Waals surface area (Å²) >= 11 is 1.33. The maximum Gasteiger partial charge on any atom is 0.331 e. The van der Waals surface area contributed by atoms with Crippen molar-refractivity contribution in [2.75, 3.05) is 26.2 Å². The molecule has 2 rings (SSSR count). The number of hydrogen-bond donors (Lipinski definition) is 2. The molecule has 6 nitrogen and oxygen atoms in total. The molecule has 1 aliphatic rings. The van der Waals surface area contributed by atoms with Crippen molar-refractivity contribution < 1.29 is 14.7 Å². The minimum absolute atomic E-state index is 0.291. The number of nitrogens with zero attached hydrogens (tertiary/aromatic N) is 2. The highest BCUT2D eigenvalue weighted by molar-refractivity contribution is 7.10. The molecule has 0 spiro atoms. The standard InChI is InChI=1S/C14H21N3O3S/c1-3-16-6-7-17(9-10(16)2)14(20)15-12(13(18)19)11-5-4-8-21-11/h4-5,8,10,12H,3,6-7,9H2,1-2H3,(H,15,20)(H,18,19). The zero-order valence-electron chi connectivity index (χ0n) is 12.3. The van der Waals surface area contributed by atoms with E-state index in [1.807, 2.05) is 0 Å². The van der Waals surface area contributed by atoms with Crippen LogP contribution in [0.25, 0.3) is 0 Å². The first-order valence-corrected chi connectivity index (χ1v) is 7.96. The largest absolute Gasteiger partial charge is 0.479 e. The molecule has 1 saturated heterocycles. The van der Waals surface area contributed by atoms with Gasteiger partial charge in [-0.1, -0.05) is 13.0 Å². The van der Waals surface area contributed by atoms with Gasteiger partial charge in [-0.25, -0.2) is 9.59 Å². The Kier molecular flexibility index (Phi) is 5.19. The number of carbonyl (C=O) groups excluding carboxylic acids is 1. The molecule has 2 N–H and O–H groups in total. The fraction of sp³-hybridized carbons (Fsp3) is 0.571. The molecular weight excluding hydrogens is 290 g/mol. The van der Waals surface area contributed by atoms with Gasteiger partial charge in [0, 0.05) is 30.6 Å². The van der Waals surface area contributed by atoms with Crippen LogP contribution in [-0.2, 0) is 4.79 Å². The van der Waals surface area contributed by atoms with Gasteiger partial charge in [0.25, 0.3) is 0 Å². The van der Waals surface area contributed by atoms with Crippen LogP contribution >= 0.6 is 11.3 Å². The molecule has 0 aromatic carbocycles. The molecule has 0 aliphatic carbocycles. The molecule has 2 unspecified atom stereocenters. The Morgan fingerprint density at radius 3 is 2.81 bits per heavy atom. The van der Waals surface area contributed by atoms with E-state index in [0.717, 1.165) is 13.1 Å². The summed E-state index contributed by atoms with van der Waals surface area (Å²) in [7, 11) is 0. The molecule has 2 atom stereocenters. The normalized spacial score (nSPS) is 21.0. The number of nitrogens with one attached hydrogen (secondary N) is 1. The molecule has 1 aliphatic heterocycles. The minimum atomic E-state index is -1.04. The number of carbonyl (C=O) groups is 2. The molecule has 7 heteroatoms. The highest BCUT2D eigenvalue weighted by Crippen LogP contribution is 2.20. The Morgan fingerprint density at radius 1 is 1.52 bits per heavy atom. The number of rotatable bonds is 4. The Labute approximate surface area is 128 Å². The fourth-order valence-electron chi connectivity index (χ4n) is 2.57. The second kappa shape index (κ2) is 6.91. The number of urea groups is 1. The quantitative estimate of drug-likeness (QED) is 0.886. The van der Waals surface area contributed by atoms with Gasteiger partial charge in [-0.2, -0.15) is 0 Å². The van der Waals surface area contributed by atoms with Crippen LogP contribution in [0, 0.1) is 0 Å². The number of likely N-dealkylation sites (N-methyl/N-ethyl adjacent to an activating group) is 1. The van der Waals surface area contributed by atoms with Crippen LogP contribution in [0.4, 0.5) is 4.79 Å². The number of thiophene rings is 1. The first kappa shape index (κ1) is 15.8. The highest BCUT2D eigenvalue weighted by atomic mass is 32.1. The fourth-order valence-corrected chi connectivity index (χ4v) is 3.34. The second-order valence-electron chi connectivity index (χ2n) is 5.16. The van der Waals surface area contributed by atoms with E-state index in [1.165, 1.54) is 11.3 Å². The van der Waals surface area contributed by atoms with E-state index in [2.05, 4.69) is 24.1 Å². The highest BCUT2D eigenvalue weighted by Gasteiger charge is 2.29. The Balaban J connectivity index is 1.99. The molecule has 1 fully saturated rings. The van der Waals surface area contributed by atoms with E-state index >= 15 is 0 Å². The van der Waals surface area contributed by atoms with Crippen molar-refractivity contribution in [2.24, 2.45) is 0 Å². The van der Waals surface area contributed by atoms with Crippen LogP contribution in [0.15, 0.2) is 17.5 Å². The van der Waals surface area contributed by atoms with Crippen molar-refractivity contribution in [3.63, 3.8) is 0 Å². The lowest BCUT2D eigenvalue weighted by molar-refractivity contribution is -0.139. The summed E-state index contributed by atoms with van der Waals surface area (Å²) in [5, 5.41) is 13.7. The number of carboxylic acid groups (broad SMARTS) is 1. The summed E-state index contributed by atoms with van der Waals surface area (Å²) in [4.78, 5) is 28.3. The van der Waals surface area contributed by atoms with Crippen molar-refractivity contribution in [1.82, 2.24) is 15.1 Å². The molecule has 1 aromatic heterocycles. The molecular formula is C14H21N3O3S. The molecule has 1 aromatic rings. The Morgan fingerprint density at radius 2 is 2.29 bits per heavy atom. The summed E-state index contributed by atoms with van der Waals surface area (Å²) in [6.45, 7) is 7.21. The predicted octanol–water partition coefficient (Wildman–Crippen LogP) is 1.61. The van der Waals surface area contributed by atoms with Gasteiger partial charge < -0.3 is 15.3 Å². The number of carboxylic acids is 1. The van der Waals surface area contributed by atoms with Gasteiger partial charge in [-0.05, 0) is 24.9 Å². The van der Waals surface area contributed by atoms with E-state index in [-0.39, 0.29) is 6.03 Å². The maximum absolute atomic E-state index is 12.3. The first-order chi connectivity index (χ1) is 10.0. The van der Waals surface area contributed by atoms with Crippen LogP contribution in [-0.4, -0.2) is 59.1 Å². The summed E-state index contributed by atoms with van der Waals surface area (Å²) in [5.41, 5.74) is 0. The minimum Gasteiger partial charge on any atom is -0.479 e. The van der Waals surface area contributed by atoms with Crippen molar-refractivity contribution in [3.8, 4) is 0 Å². The van der Waals surface area contributed by atoms with Crippen molar-refractivity contribution >= 4 is 23.3 Å². The van der Waals surface area contributed by atoms with Crippen LogP contribution in [0.2, 0.25) is 0 Å². The van der Waals surface area contributed by atoms with Gasteiger partial charge in [0.15, 0.2) is 6.04 Å². The summed E-state index contributed by atoms with van der Waals surface area (Å²) < 4.78 is 0. The summed E-state index contributed by atoms with van der Waals surface area (Å²) in [6.07, 6.45) is 0. The molecule has 21 heavy (non-hydrogen) atoms. The smallest absolute Gasteiger partial charge is 0.331 e. The zero-order chi connectivity index (χ0) is 15.4. The van der Waals surface area contributed by atoms with E-state index < -0.39 is 12.0 Å². The predicted molar refractivity (Wildman–Crippen MR) is 81.5 cm³/mol. The molecule has 0 saturated carbocycles. The average Bonchev–Trinajstić information content (AvgIpc) is 2.97. The first-order valence-electron chi connectivity index (χ1n) is 7.08. The van der Waals surface area contributed by atoms with Crippen LogP contribution in [0.5, 0.6) is 0 Å². The maximum atomic E-state index is 12.3. The second-order valence-corrected chi connectivity index (χ2v) is 6.14. The van der Waals surface area contributed by atoms with Gasteiger partial charge in [-0.15, -0.1) is 11.3 Å². The van der Waals surface area contributed by atoms with E-state index in [4.69, 9.17) is 0 Å². The SMILES string of the molecule is CCN1CCN(C(=O)NC(C(=O)O)c2cccs2)CC1C. The number of amides is 2. The van der Waals surface area contributed by atoms with Gasteiger partial charge in [0.1, 0.15) is 0 Å². The van der Waals surface area contributed by atoms with Crippen LogP contribution in [0.1, 0.15) is 24.8 Å². The van der Waals surface area contributed by atoms with Crippen molar-refractivity contribution in [2.45, 2.75) is 25.9 Å². The van der Waals surface area contributed by atoms with E-state index in [0.29, 0.717) is 24.0 Å². The monoisotopic (exact) mass is 311 g/mol. The topological polar surface area (TPSA) is 72.9 Å². The van der Waals surface area contributed by atoms with Crippen LogP contribution < -0.4 is 5.32 Å². The van der Waals surface area contributed by atoms with E-state index in [9.17, 15) is 14.7 Å². The zero-order valence-corrected chi connectivity index (χ0v) is 13.1. The number of hydrogen-bond acceptors (Lipinski definition) is 4. The molecule has 0 bridgehead atoms. The van der Waals surface area contributed by atoms with Crippen molar-refractivity contribution in [3.05, 3.63) is 22.4 Å². The lowest BCUT2D eigenvalue weighted by Gasteiger charge is -2.39. The Hall–Kier alpha value is -1.60. The van der Waals surface area contributed by atoms with Gasteiger partial charge in [-0.3, -0.25) is 4.90 Å². The molecule has 2 amide bonds. The summed E-state index contributed by atoms with van der Waals surface area (Å²) in [5.74, 6) is -1.04. The third kappa shape index (κ3) is 3.74. The van der Waals surface area contributed by atoms with Crippen molar-refractivity contribution in [1.29, 1.82) is 0 Å². The summed E-state index contributed by atoms with van der Waals surface area (Å²) in [6, 6.07) is 2.51. The van der Waals surface area contributed by atoms with Gasteiger partial charge in [0.05, 0.1) is 0 Å². The lowest BCUT2D eigenvalue weighted by Crippen LogP contribution is -2.56.